The molecule has 2 aromatic carbocycles. The van der Waals surface area contributed by atoms with E-state index in [1.807, 2.05) is 20.8 Å². The van der Waals surface area contributed by atoms with Crippen molar-refractivity contribution >= 4 is 29.3 Å². The molecule has 0 unspecified atom stereocenters. The Hall–Kier alpha value is -4.00. The van der Waals surface area contributed by atoms with E-state index in [0.717, 1.165) is 24.3 Å². The molecule has 4 N–H and O–H groups in total. The lowest BCUT2D eigenvalue weighted by Gasteiger charge is -2.34. The number of nitrogens with zero attached hydrogens (tertiary/aromatic N) is 2. The van der Waals surface area contributed by atoms with Crippen molar-refractivity contribution in [3.63, 3.8) is 0 Å². The summed E-state index contributed by atoms with van der Waals surface area (Å²) in [4.78, 5) is 41.6. The predicted molar refractivity (Wildman–Crippen MR) is 152 cm³/mol. The Morgan fingerprint density at radius 1 is 1.10 bits per heavy atom. The second-order valence-electron chi connectivity index (χ2n) is 10.8. The maximum Gasteiger partial charge on any atom is 0.416 e. The molecule has 1 heterocycles. The van der Waals surface area contributed by atoms with E-state index in [-0.39, 0.29) is 49.2 Å². The number of halogens is 3. The van der Waals surface area contributed by atoms with E-state index in [1.54, 1.807) is 37.1 Å². The summed E-state index contributed by atoms with van der Waals surface area (Å²) >= 11 is 0. The van der Waals surface area contributed by atoms with Crippen molar-refractivity contribution in [1.82, 2.24) is 15.1 Å². The van der Waals surface area contributed by atoms with E-state index in [2.05, 4.69) is 16.0 Å². The Kier molecular flexibility index (Phi) is 10.7. The fourth-order valence-corrected chi connectivity index (χ4v) is 4.47. The molecule has 1 aliphatic rings. The zero-order valence-electron chi connectivity index (χ0n) is 24.3. The molecule has 2 aromatic rings. The summed E-state index contributed by atoms with van der Waals surface area (Å²) in [6.07, 6.45) is -5.07. The van der Waals surface area contributed by atoms with Gasteiger partial charge >= 0.3 is 18.2 Å². The quantitative estimate of drug-likeness (QED) is 0.375. The van der Waals surface area contributed by atoms with Gasteiger partial charge in [-0.25, -0.2) is 9.59 Å². The molecule has 0 aromatic heterocycles. The van der Waals surface area contributed by atoms with Crippen LogP contribution in [0.5, 0.6) is 5.75 Å². The monoisotopic (exact) mass is 593 g/mol. The van der Waals surface area contributed by atoms with Gasteiger partial charge in [0.2, 0.25) is 5.91 Å². The van der Waals surface area contributed by atoms with Gasteiger partial charge in [0, 0.05) is 42.5 Å². The van der Waals surface area contributed by atoms with Crippen molar-refractivity contribution in [2.24, 2.45) is 5.92 Å². The lowest BCUT2D eigenvalue weighted by Crippen LogP contribution is -2.49. The van der Waals surface area contributed by atoms with Crippen LogP contribution in [0, 0.1) is 5.92 Å². The van der Waals surface area contributed by atoms with Gasteiger partial charge in [0.1, 0.15) is 11.9 Å². The highest BCUT2D eigenvalue weighted by molar-refractivity contribution is 6.00. The third-order valence-corrected chi connectivity index (χ3v) is 6.86. The molecule has 5 amide bonds. The van der Waals surface area contributed by atoms with Crippen LogP contribution in [-0.4, -0.2) is 77.8 Å². The Bertz CT molecular complexity index is 1260. The van der Waals surface area contributed by atoms with Gasteiger partial charge in [-0.15, -0.1) is 0 Å². The summed E-state index contributed by atoms with van der Waals surface area (Å²) in [6, 6.07) is 7.35. The number of nitrogens with one attached hydrogen (secondary N) is 3. The lowest BCUT2D eigenvalue weighted by atomic mass is 10.0. The first-order chi connectivity index (χ1) is 19.7. The van der Waals surface area contributed by atoms with E-state index >= 15 is 0 Å². The smallest absolute Gasteiger partial charge is 0.416 e. The number of aliphatic hydroxyl groups excluding tert-OH is 1. The molecule has 0 saturated carbocycles. The number of alkyl halides is 3. The van der Waals surface area contributed by atoms with Crippen molar-refractivity contribution < 1.29 is 37.4 Å². The zero-order valence-corrected chi connectivity index (χ0v) is 24.3. The van der Waals surface area contributed by atoms with Gasteiger partial charge in [0.05, 0.1) is 31.2 Å². The SMILES string of the molecule is CC(C)NC(=O)N(C)C[C@@H]1Oc2ccc(NC(=O)Nc3ccc(C(F)(F)F)cc3)cc2CC(=O)N([C@@H](C)CO)C[C@@H]1C. The molecule has 42 heavy (non-hydrogen) atoms. The van der Waals surface area contributed by atoms with Crippen LogP contribution in [0.25, 0.3) is 0 Å². The number of amides is 5. The number of fused-ring (bicyclic) bond motifs is 1. The fraction of sp³-hybridized carbons (Fsp3) is 0.483. The molecule has 13 heteroatoms. The number of benzene rings is 2. The summed E-state index contributed by atoms with van der Waals surface area (Å²) in [5.74, 6) is -0.0493. The largest absolute Gasteiger partial charge is 0.488 e. The highest BCUT2D eigenvalue weighted by Crippen LogP contribution is 2.31. The van der Waals surface area contributed by atoms with E-state index in [4.69, 9.17) is 4.74 Å². The maximum absolute atomic E-state index is 13.4. The van der Waals surface area contributed by atoms with Gasteiger partial charge in [-0.05, 0) is 63.2 Å². The third kappa shape index (κ3) is 8.75. The van der Waals surface area contributed by atoms with Crippen molar-refractivity contribution in [2.45, 2.75) is 58.5 Å². The molecule has 0 spiro atoms. The minimum atomic E-state index is -4.49. The van der Waals surface area contributed by atoms with Crippen molar-refractivity contribution in [3.05, 3.63) is 53.6 Å². The van der Waals surface area contributed by atoms with Crippen LogP contribution in [0.1, 0.15) is 38.8 Å². The van der Waals surface area contributed by atoms with Crippen LogP contribution < -0.4 is 20.7 Å². The molecule has 0 radical (unpaired) electrons. The Morgan fingerprint density at radius 3 is 2.31 bits per heavy atom. The number of urea groups is 2. The predicted octanol–water partition coefficient (Wildman–Crippen LogP) is 4.55. The molecule has 0 saturated heterocycles. The number of likely N-dealkylation sites (N-methyl/N-ethyl adjacent to an activating group) is 1. The van der Waals surface area contributed by atoms with E-state index < -0.39 is 29.9 Å². The van der Waals surface area contributed by atoms with Crippen LogP contribution in [0.2, 0.25) is 0 Å². The van der Waals surface area contributed by atoms with Gasteiger partial charge in [0.25, 0.3) is 0 Å². The van der Waals surface area contributed by atoms with E-state index in [9.17, 15) is 32.7 Å². The van der Waals surface area contributed by atoms with Gasteiger partial charge in [0.15, 0.2) is 0 Å². The Balaban J connectivity index is 1.84. The summed E-state index contributed by atoms with van der Waals surface area (Å²) in [5.41, 5.74) is 0.141. The van der Waals surface area contributed by atoms with Crippen LogP contribution in [0.3, 0.4) is 0 Å². The molecule has 0 fully saturated rings. The number of carbonyl (C=O) groups is 3. The first kappa shape index (κ1) is 32.5. The number of hydrogen-bond donors (Lipinski definition) is 4. The van der Waals surface area contributed by atoms with E-state index in [1.165, 1.54) is 4.90 Å². The number of aliphatic hydroxyl groups is 1. The van der Waals surface area contributed by atoms with Crippen LogP contribution >= 0.6 is 0 Å². The molecule has 3 rings (SSSR count). The minimum absolute atomic E-state index is 0.0551. The number of anilines is 2. The Morgan fingerprint density at radius 2 is 1.71 bits per heavy atom. The highest BCUT2D eigenvalue weighted by atomic mass is 19.4. The molecule has 230 valence electrons. The average molecular weight is 594 g/mol. The second kappa shape index (κ2) is 13.8. The van der Waals surface area contributed by atoms with Gasteiger partial charge in [-0.3, -0.25) is 4.79 Å². The molecular weight excluding hydrogens is 555 g/mol. The van der Waals surface area contributed by atoms with Crippen LogP contribution in [0.15, 0.2) is 42.5 Å². The molecule has 0 aliphatic carbocycles. The maximum atomic E-state index is 13.4. The topological polar surface area (TPSA) is 123 Å². The van der Waals surface area contributed by atoms with Crippen LogP contribution in [0.4, 0.5) is 34.1 Å². The fourth-order valence-electron chi connectivity index (χ4n) is 4.47. The Labute approximate surface area is 243 Å². The summed E-state index contributed by atoms with van der Waals surface area (Å²) in [5, 5.41) is 17.8. The summed E-state index contributed by atoms with van der Waals surface area (Å²) in [7, 11) is 1.66. The molecule has 0 bridgehead atoms. The van der Waals surface area contributed by atoms with Gasteiger partial charge in [-0.1, -0.05) is 6.92 Å². The van der Waals surface area contributed by atoms with Gasteiger partial charge in [-0.2, -0.15) is 13.2 Å². The normalized spacial score (nSPS) is 18.1. The van der Waals surface area contributed by atoms with Crippen molar-refractivity contribution in [3.8, 4) is 5.75 Å². The first-order valence-corrected chi connectivity index (χ1v) is 13.6. The van der Waals surface area contributed by atoms with Crippen molar-refractivity contribution in [1.29, 1.82) is 0 Å². The molecule has 1 aliphatic heterocycles. The molecule has 10 nitrogen and oxygen atoms in total. The summed E-state index contributed by atoms with van der Waals surface area (Å²) in [6.45, 7) is 7.65. The van der Waals surface area contributed by atoms with Crippen molar-refractivity contribution in [2.75, 3.05) is 37.4 Å². The number of carbonyl (C=O) groups excluding carboxylic acids is 3. The third-order valence-electron chi connectivity index (χ3n) is 6.86. The lowest BCUT2D eigenvalue weighted by molar-refractivity contribution is -0.137. The first-order valence-electron chi connectivity index (χ1n) is 13.6. The number of hydrogen-bond acceptors (Lipinski definition) is 5. The molecular formula is C29H38F3N5O5. The summed E-state index contributed by atoms with van der Waals surface area (Å²) < 4.78 is 44.8. The minimum Gasteiger partial charge on any atom is -0.488 e. The number of ether oxygens (including phenoxy) is 1. The number of rotatable bonds is 7. The standard InChI is InChI=1S/C29H38F3N5O5/c1-17(2)33-28(41)36(5)15-25-18(3)14-37(19(4)16-38)26(39)13-20-12-23(10-11-24(20)42-25)35-27(40)34-22-8-6-21(7-9-22)29(30,31)32/h6-12,17-19,25,38H,13-16H2,1-5H3,(H,33,41)(H2,34,35,40)/t18-,19-,25-/m0/s1. The average Bonchev–Trinajstić information content (AvgIpc) is 2.95. The second-order valence-corrected chi connectivity index (χ2v) is 10.8. The zero-order chi connectivity index (χ0) is 31.2. The molecule has 3 atom stereocenters. The highest BCUT2D eigenvalue weighted by Gasteiger charge is 2.32. The van der Waals surface area contributed by atoms with E-state index in [0.29, 0.717) is 23.5 Å². The van der Waals surface area contributed by atoms with Gasteiger partial charge < -0.3 is 35.6 Å². The van der Waals surface area contributed by atoms with Crippen LogP contribution in [-0.2, 0) is 17.4 Å².